The second-order valence-electron chi connectivity index (χ2n) is 8.07. The van der Waals surface area contributed by atoms with Crippen molar-refractivity contribution >= 4 is 27.3 Å². The van der Waals surface area contributed by atoms with Crippen molar-refractivity contribution in [1.29, 1.82) is 0 Å². The van der Waals surface area contributed by atoms with Gasteiger partial charge in [0.2, 0.25) is 6.29 Å². The molecule has 1 saturated heterocycles. The number of piperidine rings is 1. The summed E-state index contributed by atoms with van der Waals surface area (Å²) in [6.45, 7) is 4.18. The summed E-state index contributed by atoms with van der Waals surface area (Å²) < 4.78 is 13.4. The van der Waals surface area contributed by atoms with Crippen molar-refractivity contribution < 1.29 is 19.4 Å². The second kappa shape index (κ2) is 9.94. The number of allylic oxidation sites excluding steroid dienone is 1. The maximum atomic E-state index is 13.2. The maximum absolute atomic E-state index is 13.2. The Morgan fingerprint density at radius 1 is 1.27 bits per heavy atom. The van der Waals surface area contributed by atoms with Gasteiger partial charge < -0.3 is 19.5 Å². The number of nitrogens with zero attached hydrogens (tertiary/aromatic N) is 1. The van der Waals surface area contributed by atoms with Crippen LogP contribution >= 0.6 is 11.3 Å². The smallest absolute Gasteiger partial charge is 0.288 e. The van der Waals surface area contributed by atoms with Gasteiger partial charge in [-0.15, -0.1) is 11.3 Å². The van der Waals surface area contributed by atoms with Crippen molar-refractivity contribution in [3.63, 3.8) is 0 Å². The predicted octanol–water partition coefficient (Wildman–Crippen LogP) is 4.66. The molecule has 0 saturated carbocycles. The third kappa shape index (κ3) is 4.41. The third-order valence-corrected chi connectivity index (χ3v) is 7.12. The summed E-state index contributed by atoms with van der Waals surface area (Å²) in [7, 11) is 0. The molecule has 0 unspecified atom stereocenters. The van der Waals surface area contributed by atoms with Crippen LogP contribution in [0.15, 0.2) is 41.5 Å². The number of benzene rings is 1. The summed E-state index contributed by atoms with van der Waals surface area (Å²) in [5.74, 6) is 0.454. The molecule has 1 N–H and O–H groups in total. The summed E-state index contributed by atoms with van der Waals surface area (Å²) in [5.41, 5.74) is 1.22. The highest BCUT2D eigenvalue weighted by Gasteiger charge is 2.39. The molecular weight excluding hydrogens is 398 g/mol. The van der Waals surface area contributed by atoms with Gasteiger partial charge in [0.05, 0.1) is 0 Å². The number of likely N-dealkylation sites (tertiary alicyclic amines) is 1. The van der Waals surface area contributed by atoms with Gasteiger partial charge in [0.25, 0.3) is 5.91 Å². The largest absolute Gasteiger partial charge is 0.459 e. The summed E-state index contributed by atoms with van der Waals surface area (Å²) in [6, 6.07) is 8.40. The van der Waals surface area contributed by atoms with E-state index in [1.165, 1.54) is 22.1 Å². The lowest BCUT2D eigenvalue weighted by Gasteiger charge is -2.38. The molecule has 1 aromatic carbocycles. The van der Waals surface area contributed by atoms with Gasteiger partial charge in [-0.2, -0.15) is 0 Å². The fourth-order valence-corrected chi connectivity index (χ4v) is 5.63. The van der Waals surface area contributed by atoms with Crippen molar-refractivity contribution in [2.24, 2.45) is 5.92 Å². The molecular formula is C24H31NO4S. The summed E-state index contributed by atoms with van der Waals surface area (Å²) in [5, 5.41) is 12.9. The quantitative estimate of drug-likeness (QED) is 0.695. The third-order valence-electron chi connectivity index (χ3n) is 6.14. The number of aliphatic hydroxyl groups excluding tert-OH is 1. The van der Waals surface area contributed by atoms with E-state index in [4.69, 9.17) is 9.47 Å². The first-order valence-electron chi connectivity index (χ1n) is 11.1. The summed E-state index contributed by atoms with van der Waals surface area (Å²) >= 11 is 1.73. The van der Waals surface area contributed by atoms with Crippen LogP contribution in [-0.2, 0) is 14.3 Å². The average molecular weight is 430 g/mol. The van der Waals surface area contributed by atoms with Gasteiger partial charge in [0.1, 0.15) is 0 Å². The maximum Gasteiger partial charge on any atom is 0.288 e. The molecule has 6 heteroatoms. The minimum Gasteiger partial charge on any atom is -0.459 e. The zero-order valence-electron chi connectivity index (χ0n) is 17.6. The Bertz CT molecular complexity index is 886. The lowest BCUT2D eigenvalue weighted by molar-refractivity contribution is -0.170. The Morgan fingerprint density at radius 2 is 2.07 bits per heavy atom. The van der Waals surface area contributed by atoms with Gasteiger partial charge in [0.15, 0.2) is 5.76 Å². The SMILES string of the molecule is CCO[C@H]1OC(C(=O)N2CCCCC2)=C[C@@H](c2csc3ccccc23)[C@H]1CCCO. The van der Waals surface area contributed by atoms with E-state index in [1.807, 2.05) is 17.9 Å². The topological polar surface area (TPSA) is 59.0 Å². The molecule has 5 nitrogen and oxygen atoms in total. The number of hydrogen-bond donors (Lipinski definition) is 1. The van der Waals surface area contributed by atoms with E-state index in [2.05, 4.69) is 29.6 Å². The Hall–Kier alpha value is -1.89. The zero-order valence-corrected chi connectivity index (χ0v) is 18.4. The molecule has 0 radical (unpaired) electrons. The molecule has 3 atom stereocenters. The van der Waals surface area contributed by atoms with E-state index in [0.29, 0.717) is 18.8 Å². The Morgan fingerprint density at radius 3 is 2.83 bits per heavy atom. The predicted molar refractivity (Wildman–Crippen MR) is 119 cm³/mol. The first-order chi connectivity index (χ1) is 14.7. The van der Waals surface area contributed by atoms with E-state index in [9.17, 15) is 9.90 Å². The number of hydrogen-bond acceptors (Lipinski definition) is 5. The molecule has 162 valence electrons. The molecule has 4 rings (SSSR count). The van der Waals surface area contributed by atoms with Crippen LogP contribution in [0.3, 0.4) is 0 Å². The van der Waals surface area contributed by atoms with Crippen molar-refractivity contribution in [3.05, 3.63) is 47.0 Å². The number of ether oxygens (including phenoxy) is 2. The highest BCUT2D eigenvalue weighted by molar-refractivity contribution is 7.17. The van der Waals surface area contributed by atoms with Crippen LogP contribution in [0.25, 0.3) is 10.1 Å². The fourth-order valence-electron chi connectivity index (χ4n) is 4.62. The van der Waals surface area contributed by atoms with Gasteiger partial charge in [-0.1, -0.05) is 18.2 Å². The summed E-state index contributed by atoms with van der Waals surface area (Å²) in [6.07, 6.45) is 6.26. The molecule has 1 amide bonds. The standard InChI is InChI=1S/C24H31NO4S/c1-2-28-24-18(10-8-14-26)19(20-16-30-22-11-5-4-9-17(20)22)15-21(29-24)23(27)25-12-6-3-7-13-25/h4-5,9,11,15-16,18-19,24,26H,2-3,6-8,10,12-14H2,1H3/t18-,19-,24+/m1/s1. The van der Waals surface area contributed by atoms with E-state index < -0.39 is 6.29 Å². The van der Waals surface area contributed by atoms with Crippen LogP contribution in [0.2, 0.25) is 0 Å². The first-order valence-corrected chi connectivity index (χ1v) is 12.0. The van der Waals surface area contributed by atoms with E-state index in [0.717, 1.165) is 32.4 Å². The molecule has 0 aliphatic carbocycles. The lowest BCUT2D eigenvalue weighted by atomic mass is 9.80. The van der Waals surface area contributed by atoms with Crippen molar-refractivity contribution in [2.45, 2.75) is 51.2 Å². The van der Waals surface area contributed by atoms with E-state index in [1.54, 1.807) is 11.3 Å². The number of amides is 1. The Kier molecular flexibility index (Phi) is 7.08. The zero-order chi connectivity index (χ0) is 20.9. The van der Waals surface area contributed by atoms with Crippen molar-refractivity contribution in [2.75, 3.05) is 26.3 Å². The van der Waals surface area contributed by atoms with Gasteiger partial charge in [-0.25, -0.2) is 0 Å². The molecule has 30 heavy (non-hydrogen) atoms. The minimum atomic E-state index is -0.487. The second-order valence-corrected chi connectivity index (χ2v) is 8.98. The van der Waals surface area contributed by atoms with Crippen LogP contribution in [0.1, 0.15) is 50.5 Å². The Balaban J connectivity index is 1.73. The number of aliphatic hydroxyl groups is 1. The minimum absolute atomic E-state index is 0.0155. The van der Waals surface area contributed by atoms with E-state index >= 15 is 0 Å². The fraction of sp³-hybridized carbons (Fsp3) is 0.542. The van der Waals surface area contributed by atoms with Gasteiger partial charge in [0, 0.05) is 42.8 Å². The molecule has 2 aromatic rings. The number of carbonyl (C=O) groups excluding carboxylic acids is 1. The molecule has 0 bridgehead atoms. The van der Waals surface area contributed by atoms with Crippen LogP contribution in [0, 0.1) is 5.92 Å². The Labute approximate surface area is 182 Å². The van der Waals surface area contributed by atoms with Crippen LogP contribution in [0.5, 0.6) is 0 Å². The normalized spacial score (nSPS) is 24.5. The number of thiophene rings is 1. The van der Waals surface area contributed by atoms with Crippen LogP contribution in [-0.4, -0.2) is 48.5 Å². The number of carbonyl (C=O) groups is 1. The molecule has 0 spiro atoms. The lowest BCUT2D eigenvalue weighted by Crippen LogP contribution is -2.42. The summed E-state index contributed by atoms with van der Waals surface area (Å²) in [4.78, 5) is 15.2. The molecule has 3 heterocycles. The number of fused-ring (bicyclic) bond motifs is 1. The first kappa shape index (κ1) is 21.3. The molecule has 1 aromatic heterocycles. The highest BCUT2D eigenvalue weighted by atomic mass is 32.1. The van der Waals surface area contributed by atoms with Crippen molar-refractivity contribution in [3.8, 4) is 0 Å². The highest BCUT2D eigenvalue weighted by Crippen LogP contribution is 2.43. The van der Waals surface area contributed by atoms with Gasteiger partial charge in [-0.05, 0) is 67.5 Å². The van der Waals surface area contributed by atoms with Gasteiger partial charge in [-0.3, -0.25) is 4.79 Å². The van der Waals surface area contributed by atoms with Crippen LogP contribution < -0.4 is 0 Å². The van der Waals surface area contributed by atoms with Gasteiger partial charge >= 0.3 is 0 Å². The average Bonchev–Trinajstić information content (AvgIpc) is 3.22. The molecule has 1 fully saturated rings. The van der Waals surface area contributed by atoms with Crippen LogP contribution in [0.4, 0.5) is 0 Å². The van der Waals surface area contributed by atoms with E-state index in [-0.39, 0.29) is 24.3 Å². The molecule has 2 aliphatic heterocycles. The molecule has 2 aliphatic rings. The van der Waals surface area contributed by atoms with Crippen molar-refractivity contribution in [1.82, 2.24) is 4.90 Å². The number of rotatable bonds is 7. The monoisotopic (exact) mass is 429 g/mol.